The predicted molar refractivity (Wildman–Crippen MR) is 87.3 cm³/mol. The summed E-state index contributed by atoms with van der Waals surface area (Å²) in [5.41, 5.74) is 1.59. The second-order valence-corrected chi connectivity index (χ2v) is 7.16. The number of likely N-dealkylation sites (tertiary alicyclic amines) is 2. The summed E-state index contributed by atoms with van der Waals surface area (Å²) in [6, 6.07) is 3.75. The molecule has 6 heteroatoms. The van der Waals surface area contributed by atoms with E-state index in [0.717, 1.165) is 26.1 Å². The average molecular weight is 313 g/mol. The van der Waals surface area contributed by atoms with Crippen molar-refractivity contribution in [2.75, 3.05) is 33.2 Å². The minimum atomic E-state index is 0.0934. The first-order chi connectivity index (χ1) is 11.2. The van der Waals surface area contributed by atoms with Gasteiger partial charge in [-0.1, -0.05) is 0 Å². The molecule has 0 radical (unpaired) electrons. The van der Waals surface area contributed by atoms with Crippen LogP contribution in [0.2, 0.25) is 0 Å². The van der Waals surface area contributed by atoms with Crippen LogP contribution in [-0.2, 0) is 0 Å². The third-order valence-corrected chi connectivity index (χ3v) is 5.35. The topological polar surface area (TPSA) is 53.7 Å². The Labute approximate surface area is 136 Å². The van der Waals surface area contributed by atoms with Crippen molar-refractivity contribution in [1.82, 2.24) is 24.4 Å². The minimum absolute atomic E-state index is 0.0934. The molecule has 2 aliphatic heterocycles. The predicted octanol–water partition coefficient (Wildman–Crippen LogP) is 1.68. The zero-order valence-electron chi connectivity index (χ0n) is 13.6. The number of piperidine rings is 2. The maximum absolute atomic E-state index is 13.1. The highest BCUT2D eigenvalue weighted by Gasteiger charge is 2.40. The van der Waals surface area contributed by atoms with Crippen LogP contribution < -0.4 is 0 Å². The molecular weight excluding hydrogens is 290 g/mol. The number of carbonyl (C=O) groups excluding carboxylic acids is 1. The Morgan fingerprint density at radius 1 is 1.22 bits per heavy atom. The summed E-state index contributed by atoms with van der Waals surface area (Å²) in [4.78, 5) is 17.5. The molecule has 0 aromatic carbocycles. The first kappa shape index (κ1) is 14.6. The Morgan fingerprint density at radius 3 is 2.87 bits per heavy atom. The van der Waals surface area contributed by atoms with Crippen molar-refractivity contribution in [3.05, 3.63) is 30.2 Å². The molecule has 0 bridgehead atoms. The van der Waals surface area contributed by atoms with Crippen LogP contribution in [0.25, 0.3) is 5.65 Å². The van der Waals surface area contributed by atoms with Crippen molar-refractivity contribution in [2.45, 2.75) is 25.7 Å². The number of rotatable bonds is 1. The highest BCUT2D eigenvalue weighted by molar-refractivity contribution is 5.99. The number of hydrogen-bond donors (Lipinski definition) is 0. The van der Waals surface area contributed by atoms with E-state index in [0.29, 0.717) is 11.2 Å². The van der Waals surface area contributed by atoms with Crippen LogP contribution in [-0.4, -0.2) is 63.5 Å². The smallest absolute Gasteiger partial charge is 0.257 e. The van der Waals surface area contributed by atoms with E-state index in [1.54, 1.807) is 10.7 Å². The lowest BCUT2D eigenvalue weighted by atomic mass is 9.74. The summed E-state index contributed by atoms with van der Waals surface area (Å²) in [5.74, 6) is 0.0934. The number of nitrogens with zero attached hydrogens (tertiary/aromatic N) is 5. The Kier molecular flexibility index (Phi) is 3.56. The SMILES string of the molecule is CN1CCCC2(CCCN(C(=O)c3cccn4cnnc34)C2)C1. The Balaban J connectivity index is 1.60. The lowest BCUT2D eigenvalue weighted by Crippen LogP contribution is -2.52. The zero-order valence-corrected chi connectivity index (χ0v) is 13.6. The number of amides is 1. The molecule has 0 aliphatic carbocycles. The molecule has 4 rings (SSSR count). The number of carbonyl (C=O) groups is 1. The van der Waals surface area contributed by atoms with Crippen LogP contribution >= 0.6 is 0 Å². The van der Waals surface area contributed by atoms with Crippen LogP contribution in [0.5, 0.6) is 0 Å². The molecule has 122 valence electrons. The number of fused-ring (bicyclic) bond motifs is 1. The maximum atomic E-state index is 13.1. The van der Waals surface area contributed by atoms with E-state index in [2.05, 4.69) is 22.1 Å². The van der Waals surface area contributed by atoms with Gasteiger partial charge in [-0.2, -0.15) is 0 Å². The Hall–Kier alpha value is -1.95. The van der Waals surface area contributed by atoms with Gasteiger partial charge < -0.3 is 9.80 Å². The summed E-state index contributed by atoms with van der Waals surface area (Å²) < 4.78 is 1.81. The van der Waals surface area contributed by atoms with E-state index in [9.17, 15) is 4.79 Å². The van der Waals surface area contributed by atoms with Crippen LogP contribution in [0, 0.1) is 5.41 Å². The zero-order chi connectivity index (χ0) is 15.9. The van der Waals surface area contributed by atoms with E-state index >= 15 is 0 Å². The molecular formula is C17H23N5O. The molecule has 2 aromatic heterocycles. The van der Waals surface area contributed by atoms with Crippen molar-refractivity contribution in [1.29, 1.82) is 0 Å². The van der Waals surface area contributed by atoms with Crippen LogP contribution in [0.1, 0.15) is 36.0 Å². The second kappa shape index (κ2) is 5.60. The number of pyridine rings is 1. The fourth-order valence-corrected chi connectivity index (χ4v) is 4.36. The van der Waals surface area contributed by atoms with Crippen molar-refractivity contribution in [3.8, 4) is 0 Å². The van der Waals surface area contributed by atoms with Gasteiger partial charge in [0.25, 0.3) is 5.91 Å². The van der Waals surface area contributed by atoms with Gasteiger partial charge in [0.1, 0.15) is 6.33 Å². The Bertz CT molecular complexity index is 723. The molecule has 6 nitrogen and oxygen atoms in total. The van der Waals surface area contributed by atoms with Gasteiger partial charge in [-0.05, 0) is 51.4 Å². The molecule has 0 N–H and O–H groups in total. The van der Waals surface area contributed by atoms with Gasteiger partial charge in [-0.3, -0.25) is 9.20 Å². The van der Waals surface area contributed by atoms with Crippen LogP contribution in [0.4, 0.5) is 0 Å². The summed E-state index contributed by atoms with van der Waals surface area (Å²) in [7, 11) is 2.19. The van der Waals surface area contributed by atoms with Gasteiger partial charge in [-0.25, -0.2) is 0 Å². The molecule has 1 spiro atoms. The second-order valence-electron chi connectivity index (χ2n) is 7.16. The van der Waals surface area contributed by atoms with Gasteiger partial charge in [0.15, 0.2) is 5.65 Å². The maximum Gasteiger partial charge on any atom is 0.257 e. The van der Waals surface area contributed by atoms with Gasteiger partial charge in [-0.15, -0.1) is 10.2 Å². The van der Waals surface area contributed by atoms with Crippen LogP contribution in [0.3, 0.4) is 0 Å². The molecule has 2 aromatic rings. The van der Waals surface area contributed by atoms with Gasteiger partial charge in [0, 0.05) is 31.2 Å². The lowest BCUT2D eigenvalue weighted by molar-refractivity contribution is 0.0207. The van der Waals surface area contributed by atoms with Crippen LogP contribution in [0.15, 0.2) is 24.7 Å². The van der Waals surface area contributed by atoms with Gasteiger partial charge >= 0.3 is 0 Å². The fraction of sp³-hybridized carbons (Fsp3) is 0.588. The Morgan fingerprint density at radius 2 is 2.04 bits per heavy atom. The summed E-state index contributed by atoms with van der Waals surface area (Å²) in [6.45, 7) is 3.99. The van der Waals surface area contributed by atoms with Crippen molar-refractivity contribution in [2.24, 2.45) is 5.41 Å². The van der Waals surface area contributed by atoms with Crippen molar-refractivity contribution >= 4 is 11.6 Å². The highest BCUT2D eigenvalue weighted by Crippen LogP contribution is 2.38. The molecule has 0 saturated carbocycles. The molecule has 1 amide bonds. The van der Waals surface area contributed by atoms with Crippen molar-refractivity contribution in [3.63, 3.8) is 0 Å². The molecule has 1 atom stereocenters. The minimum Gasteiger partial charge on any atom is -0.338 e. The molecule has 2 fully saturated rings. The molecule has 4 heterocycles. The normalized spacial score (nSPS) is 26.0. The monoisotopic (exact) mass is 313 g/mol. The van der Waals surface area contributed by atoms with E-state index in [4.69, 9.17) is 0 Å². The quantitative estimate of drug-likeness (QED) is 0.804. The number of aromatic nitrogens is 3. The van der Waals surface area contributed by atoms with E-state index < -0.39 is 0 Å². The van der Waals surface area contributed by atoms with E-state index in [1.165, 1.54) is 25.8 Å². The fourth-order valence-electron chi connectivity index (χ4n) is 4.36. The summed E-state index contributed by atoms with van der Waals surface area (Å²) in [5, 5.41) is 8.03. The molecule has 2 saturated heterocycles. The third kappa shape index (κ3) is 2.61. The standard InChI is InChI=1S/C17H23N5O/c1-20-8-3-6-17(11-20)7-4-10-21(12-17)16(23)14-5-2-9-22-13-18-19-15(14)22/h2,5,9,13H,3-4,6-8,10-12H2,1H3. The molecule has 2 aliphatic rings. The summed E-state index contributed by atoms with van der Waals surface area (Å²) >= 11 is 0. The van der Waals surface area contributed by atoms with E-state index in [-0.39, 0.29) is 11.3 Å². The first-order valence-electron chi connectivity index (χ1n) is 8.43. The third-order valence-electron chi connectivity index (χ3n) is 5.35. The highest BCUT2D eigenvalue weighted by atomic mass is 16.2. The molecule has 23 heavy (non-hydrogen) atoms. The van der Waals surface area contributed by atoms with Gasteiger partial charge in [0.05, 0.1) is 5.56 Å². The largest absolute Gasteiger partial charge is 0.338 e. The van der Waals surface area contributed by atoms with Crippen molar-refractivity contribution < 1.29 is 4.79 Å². The average Bonchev–Trinajstić information content (AvgIpc) is 3.02. The lowest BCUT2D eigenvalue weighted by Gasteiger charge is -2.47. The molecule has 1 unspecified atom stereocenters. The van der Waals surface area contributed by atoms with E-state index in [1.807, 2.05) is 23.2 Å². The van der Waals surface area contributed by atoms with Gasteiger partial charge in [0.2, 0.25) is 0 Å². The summed E-state index contributed by atoms with van der Waals surface area (Å²) in [6.07, 6.45) is 8.31. The number of hydrogen-bond acceptors (Lipinski definition) is 4. The first-order valence-corrected chi connectivity index (χ1v) is 8.43.